The number of carbonyl (C=O) groups excluding carboxylic acids is 2. The largest absolute Gasteiger partial charge is 0.341 e. The molecule has 0 N–H and O–H groups in total. The van der Waals surface area contributed by atoms with E-state index in [9.17, 15) is 9.59 Å². The molecule has 4 rings (SSSR count). The minimum absolute atomic E-state index is 0.112. The van der Waals surface area contributed by atoms with Gasteiger partial charge in [0.05, 0.1) is 5.92 Å². The lowest BCUT2D eigenvalue weighted by Gasteiger charge is -2.27. The van der Waals surface area contributed by atoms with E-state index in [0.29, 0.717) is 32.6 Å². The summed E-state index contributed by atoms with van der Waals surface area (Å²) in [5.41, 5.74) is 3.19. The highest BCUT2D eigenvalue weighted by Gasteiger charge is 2.29. The van der Waals surface area contributed by atoms with Crippen molar-refractivity contribution >= 4 is 11.8 Å². The van der Waals surface area contributed by atoms with E-state index in [1.165, 1.54) is 5.56 Å². The highest BCUT2D eigenvalue weighted by Crippen LogP contribution is 2.27. The molecule has 0 atom stereocenters. The molecule has 0 bridgehead atoms. The highest BCUT2D eigenvalue weighted by atomic mass is 16.2. The Kier molecular flexibility index (Phi) is 7.34. The molecule has 0 saturated carbocycles. The van der Waals surface area contributed by atoms with Gasteiger partial charge < -0.3 is 9.80 Å². The Balaban J connectivity index is 1.42. The van der Waals surface area contributed by atoms with E-state index in [-0.39, 0.29) is 17.7 Å². The van der Waals surface area contributed by atoms with E-state index in [4.69, 9.17) is 0 Å². The molecule has 4 nitrogen and oxygen atoms in total. The summed E-state index contributed by atoms with van der Waals surface area (Å²) in [6.07, 6.45) is 2.07. The molecule has 32 heavy (non-hydrogen) atoms. The standard InChI is InChI=1S/C28H30N2O2/c31-26(18-17-23-11-4-1-5-12-23)29-19-10-20-30(22-21-29)28(32)27(24-13-6-2-7-14-24)25-15-8-3-9-16-25/h1-9,11-16,27H,10,17-22H2. The first-order valence-corrected chi connectivity index (χ1v) is 11.4. The Morgan fingerprint density at radius 3 is 1.75 bits per heavy atom. The van der Waals surface area contributed by atoms with E-state index in [1.807, 2.05) is 88.7 Å². The second-order valence-electron chi connectivity index (χ2n) is 8.30. The molecule has 0 aromatic heterocycles. The van der Waals surface area contributed by atoms with E-state index in [0.717, 1.165) is 24.0 Å². The molecule has 1 fully saturated rings. The predicted octanol–water partition coefficient (Wildman–Crippen LogP) is 4.51. The summed E-state index contributed by atoms with van der Waals surface area (Å²) >= 11 is 0. The molecule has 3 aromatic rings. The second-order valence-corrected chi connectivity index (χ2v) is 8.30. The quantitative estimate of drug-likeness (QED) is 0.582. The normalized spacial score (nSPS) is 14.3. The van der Waals surface area contributed by atoms with Crippen molar-refractivity contribution in [2.45, 2.75) is 25.2 Å². The van der Waals surface area contributed by atoms with Crippen molar-refractivity contribution in [3.63, 3.8) is 0 Å². The fourth-order valence-electron chi connectivity index (χ4n) is 4.39. The SMILES string of the molecule is O=C(CCc1ccccc1)N1CCCN(C(=O)C(c2ccccc2)c2ccccc2)CC1. The number of rotatable bonds is 6. The number of nitrogens with zero attached hydrogens (tertiary/aromatic N) is 2. The first-order chi connectivity index (χ1) is 15.7. The van der Waals surface area contributed by atoms with Crippen LogP contribution in [0.2, 0.25) is 0 Å². The molecule has 4 heteroatoms. The van der Waals surface area contributed by atoms with Crippen molar-refractivity contribution in [2.75, 3.05) is 26.2 Å². The van der Waals surface area contributed by atoms with Crippen LogP contribution in [0.15, 0.2) is 91.0 Å². The average Bonchev–Trinajstić information content (AvgIpc) is 3.11. The van der Waals surface area contributed by atoms with Crippen molar-refractivity contribution in [2.24, 2.45) is 0 Å². The molecular weight excluding hydrogens is 396 g/mol. The van der Waals surface area contributed by atoms with Crippen molar-refractivity contribution < 1.29 is 9.59 Å². The summed E-state index contributed by atoms with van der Waals surface area (Å²) in [7, 11) is 0. The molecule has 3 aromatic carbocycles. The number of amides is 2. The third-order valence-electron chi connectivity index (χ3n) is 6.14. The molecule has 1 saturated heterocycles. The van der Waals surface area contributed by atoms with E-state index in [1.54, 1.807) is 0 Å². The van der Waals surface area contributed by atoms with Gasteiger partial charge in [-0.2, -0.15) is 0 Å². The maximum absolute atomic E-state index is 13.7. The van der Waals surface area contributed by atoms with E-state index < -0.39 is 0 Å². The molecule has 0 aliphatic carbocycles. The molecule has 1 heterocycles. The zero-order valence-corrected chi connectivity index (χ0v) is 18.4. The van der Waals surface area contributed by atoms with Gasteiger partial charge in [0.15, 0.2) is 0 Å². The van der Waals surface area contributed by atoms with Crippen LogP contribution < -0.4 is 0 Å². The first kappa shape index (κ1) is 21.8. The monoisotopic (exact) mass is 426 g/mol. The second kappa shape index (κ2) is 10.8. The average molecular weight is 427 g/mol. The Hall–Kier alpha value is -3.40. The van der Waals surface area contributed by atoms with Gasteiger partial charge in [0.1, 0.15) is 0 Å². The third-order valence-corrected chi connectivity index (χ3v) is 6.14. The van der Waals surface area contributed by atoms with Gasteiger partial charge in [0.25, 0.3) is 0 Å². The van der Waals surface area contributed by atoms with Gasteiger partial charge in [-0.1, -0.05) is 91.0 Å². The fourth-order valence-corrected chi connectivity index (χ4v) is 4.39. The zero-order valence-electron chi connectivity index (χ0n) is 18.4. The van der Waals surface area contributed by atoms with Crippen molar-refractivity contribution in [3.05, 3.63) is 108 Å². The molecular formula is C28H30N2O2. The van der Waals surface area contributed by atoms with E-state index in [2.05, 4.69) is 12.1 Å². The topological polar surface area (TPSA) is 40.6 Å². The van der Waals surface area contributed by atoms with Crippen LogP contribution in [0.5, 0.6) is 0 Å². The molecule has 0 radical (unpaired) electrons. The summed E-state index contributed by atoms with van der Waals surface area (Å²) in [6, 6.07) is 30.1. The maximum atomic E-state index is 13.7. The van der Waals surface area contributed by atoms with Crippen molar-refractivity contribution in [3.8, 4) is 0 Å². The summed E-state index contributed by atoms with van der Waals surface area (Å²) in [6.45, 7) is 2.55. The predicted molar refractivity (Wildman–Crippen MR) is 127 cm³/mol. The van der Waals surface area contributed by atoms with Gasteiger partial charge in [-0.05, 0) is 29.5 Å². The Labute approximate surface area is 190 Å². The van der Waals surface area contributed by atoms with Crippen LogP contribution in [0.4, 0.5) is 0 Å². The van der Waals surface area contributed by atoms with Crippen molar-refractivity contribution in [1.29, 1.82) is 0 Å². The summed E-state index contributed by atoms with van der Waals surface area (Å²) in [4.78, 5) is 30.3. The van der Waals surface area contributed by atoms with Crippen LogP contribution in [-0.4, -0.2) is 47.8 Å². The number of benzene rings is 3. The van der Waals surface area contributed by atoms with Gasteiger partial charge in [-0.15, -0.1) is 0 Å². The number of carbonyl (C=O) groups is 2. The van der Waals surface area contributed by atoms with Crippen LogP contribution in [0.3, 0.4) is 0 Å². The van der Waals surface area contributed by atoms with E-state index >= 15 is 0 Å². The molecule has 2 amide bonds. The highest BCUT2D eigenvalue weighted by molar-refractivity contribution is 5.87. The minimum Gasteiger partial charge on any atom is -0.341 e. The van der Waals surface area contributed by atoms with Gasteiger partial charge >= 0.3 is 0 Å². The number of hydrogen-bond donors (Lipinski definition) is 0. The maximum Gasteiger partial charge on any atom is 0.234 e. The lowest BCUT2D eigenvalue weighted by molar-refractivity contribution is -0.133. The summed E-state index contributed by atoms with van der Waals surface area (Å²) in [5, 5.41) is 0. The van der Waals surface area contributed by atoms with Crippen LogP contribution in [0.1, 0.15) is 35.4 Å². The molecule has 164 valence electrons. The molecule has 1 aliphatic heterocycles. The molecule has 0 unspecified atom stereocenters. The van der Waals surface area contributed by atoms with Gasteiger partial charge in [-0.25, -0.2) is 0 Å². The Morgan fingerprint density at radius 1 is 0.656 bits per heavy atom. The van der Waals surface area contributed by atoms with Gasteiger partial charge in [0, 0.05) is 32.6 Å². The van der Waals surface area contributed by atoms with Crippen LogP contribution >= 0.6 is 0 Å². The molecule has 0 spiro atoms. The zero-order chi connectivity index (χ0) is 22.2. The van der Waals surface area contributed by atoms with Crippen LogP contribution in [0.25, 0.3) is 0 Å². The summed E-state index contributed by atoms with van der Waals surface area (Å²) < 4.78 is 0. The van der Waals surface area contributed by atoms with Crippen molar-refractivity contribution in [1.82, 2.24) is 9.80 Å². The first-order valence-electron chi connectivity index (χ1n) is 11.4. The lowest BCUT2D eigenvalue weighted by Crippen LogP contribution is -2.39. The van der Waals surface area contributed by atoms with Crippen LogP contribution in [-0.2, 0) is 16.0 Å². The van der Waals surface area contributed by atoms with Crippen LogP contribution in [0, 0.1) is 0 Å². The minimum atomic E-state index is -0.322. The molecule has 1 aliphatic rings. The number of aryl methyl sites for hydroxylation is 1. The number of hydrogen-bond acceptors (Lipinski definition) is 2. The summed E-state index contributed by atoms with van der Waals surface area (Å²) in [5.74, 6) is -0.0375. The fraction of sp³-hybridized carbons (Fsp3) is 0.286. The third kappa shape index (κ3) is 5.44. The van der Waals surface area contributed by atoms with Gasteiger partial charge in [0.2, 0.25) is 11.8 Å². The Morgan fingerprint density at radius 2 is 1.16 bits per heavy atom. The Bertz CT molecular complexity index is 966. The smallest absolute Gasteiger partial charge is 0.234 e. The lowest BCUT2D eigenvalue weighted by atomic mass is 9.90. The van der Waals surface area contributed by atoms with Gasteiger partial charge in [-0.3, -0.25) is 9.59 Å².